The van der Waals surface area contributed by atoms with Crippen LogP contribution in [0.4, 0.5) is 0 Å². The highest BCUT2D eigenvalue weighted by Gasteiger charge is 2.35. The van der Waals surface area contributed by atoms with Crippen LogP contribution in [0, 0.1) is 0 Å². The number of esters is 1. The molecule has 23 heavy (non-hydrogen) atoms. The third-order valence-electron chi connectivity index (χ3n) is 3.79. The fourth-order valence-corrected chi connectivity index (χ4v) is 2.57. The van der Waals surface area contributed by atoms with E-state index >= 15 is 0 Å². The third kappa shape index (κ3) is 3.94. The molecule has 1 aliphatic rings. The molecule has 0 unspecified atom stereocenters. The minimum absolute atomic E-state index is 0.345. The Morgan fingerprint density at radius 1 is 1.26 bits per heavy atom. The van der Waals surface area contributed by atoms with Gasteiger partial charge in [-0.3, -0.25) is 4.79 Å². The third-order valence-corrected chi connectivity index (χ3v) is 3.79. The summed E-state index contributed by atoms with van der Waals surface area (Å²) in [6, 6.07) is 5.01. The van der Waals surface area contributed by atoms with E-state index in [1.807, 2.05) is 6.92 Å². The van der Waals surface area contributed by atoms with Gasteiger partial charge in [0.2, 0.25) is 0 Å². The van der Waals surface area contributed by atoms with E-state index in [9.17, 15) is 9.59 Å². The number of carbonyl (C=O) groups is 2. The van der Waals surface area contributed by atoms with Crippen LogP contribution in [0.3, 0.4) is 0 Å². The standard InChI is InChI=1S/C17H23NO5/c1-4-8-17(2,16(20)21-3)18-15(19)12-6-7-13-14(11-12)23-10-5-9-22-13/h6-7,11H,4-5,8-10H2,1-3H3,(H,18,19)/t17-/m0/s1. The zero-order valence-electron chi connectivity index (χ0n) is 13.8. The van der Waals surface area contributed by atoms with Gasteiger partial charge >= 0.3 is 5.97 Å². The van der Waals surface area contributed by atoms with Gasteiger partial charge in [-0.2, -0.15) is 0 Å². The van der Waals surface area contributed by atoms with Gasteiger partial charge in [0.15, 0.2) is 11.5 Å². The molecular formula is C17H23NO5. The Hall–Kier alpha value is -2.24. The fraction of sp³-hybridized carbons (Fsp3) is 0.529. The quantitative estimate of drug-likeness (QED) is 0.843. The number of benzene rings is 1. The molecule has 0 saturated heterocycles. The van der Waals surface area contributed by atoms with Gasteiger partial charge in [-0.25, -0.2) is 4.79 Å². The number of fused-ring (bicyclic) bond motifs is 1. The maximum absolute atomic E-state index is 12.5. The van der Waals surface area contributed by atoms with Crippen molar-refractivity contribution in [1.82, 2.24) is 5.32 Å². The fourth-order valence-electron chi connectivity index (χ4n) is 2.57. The Kier molecular flexibility index (Phi) is 5.47. The van der Waals surface area contributed by atoms with Crippen LogP contribution in [0.2, 0.25) is 0 Å². The van der Waals surface area contributed by atoms with Crippen LogP contribution in [0.15, 0.2) is 18.2 Å². The summed E-state index contributed by atoms with van der Waals surface area (Å²) in [5.74, 6) is 0.373. The molecular weight excluding hydrogens is 298 g/mol. The lowest BCUT2D eigenvalue weighted by molar-refractivity contribution is -0.147. The van der Waals surface area contributed by atoms with Gasteiger partial charge in [-0.05, 0) is 31.5 Å². The van der Waals surface area contributed by atoms with Crippen molar-refractivity contribution in [2.45, 2.75) is 38.6 Å². The molecule has 0 aromatic heterocycles. The average Bonchev–Trinajstić information content (AvgIpc) is 2.78. The number of hydrogen-bond donors (Lipinski definition) is 1. The van der Waals surface area contributed by atoms with Crippen molar-refractivity contribution in [2.24, 2.45) is 0 Å². The molecule has 126 valence electrons. The van der Waals surface area contributed by atoms with Crippen molar-refractivity contribution in [3.05, 3.63) is 23.8 Å². The van der Waals surface area contributed by atoms with E-state index in [0.717, 1.165) is 12.8 Å². The van der Waals surface area contributed by atoms with Crippen molar-refractivity contribution in [3.8, 4) is 11.5 Å². The van der Waals surface area contributed by atoms with Crippen LogP contribution in [-0.2, 0) is 9.53 Å². The number of nitrogens with one attached hydrogen (secondary N) is 1. The van der Waals surface area contributed by atoms with E-state index in [0.29, 0.717) is 36.7 Å². The van der Waals surface area contributed by atoms with Gasteiger partial charge in [0.25, 0.3) is 5.91 Å². The maximum atomic E-state index is 12.5. The molecule has 1 aliphatic heterocycles. The minimum atomic E-state index is -1.05. The highest BCUT2D eigenvalue weighted by atomic mass is 16.5. The summed E-state index contributed by atoms with van der Waals surface area (Å²) in [6.45, 7) is 4.76. The second-order valence-electron chi connectivity index (χ2n) is 5.74. The van der Waals surface area contributed by atoms with Crippen LogP contribution >= 0.6 is 0 Å². The Labute approximate surface area is 136 Å². The molecule has 1 heterocycles. The molecule has 0 fully saturated rings. The van der Waals surface area contributed by atoms with E-state index in [1.165, 1.54) is 7.11 Å². The van der Waals surface area contributed by atoms with Crippen LogP contribution < -0.4 is 14.8 Å². The van der Waals surface area contributed by atoms with Gasteiger partial charge < -0.3 is 19.5 Å². The van der Waals surface area contributed by atoms with Gasteiger partial charge in [-0.1, -0.05) is 13.3 Å². The first-order chi connectivity index (χ1) is 11.0. The van der Waals surface area contributed by atoms with Crippen LogP contribution in [0.25, 0.3) is 0 Å². The number of ether oxygens (including phenoxy) is 3. The summed E-state index contributed by atoms with van der Waals surface area (Å²) < 4.78 is 15.9. The van der Waals surface area contributed by atoms with Crippen LogP contribution in [-0.4, -0.2) is 37.7 Å². The highest BCUT2D eigenvalue weighted by Crippen LogP contribution is 2.30. The summed E-state index contributed by atoms with van der Waals surface area (Å²) in [7, 11) is 1.32. The summed E-state index contributed by atoms with van der Waals surface area (Å²) in [5.41, 5.74) is -0.634. The molecule has 0 aliphatic carbocycles. The van der Waals surface area contributed by atoms with E-state index < -0.39 is 11.5 Å². The molecule has 0 bridgehead atoms. The average molecular weight is 321 g/mol. The van der Waals surface area contributed by atoms with Gasteiger partial charge in [0, 0.05) is 12.0 Å². The first kappa shape index (κ1) is 17.1. The normalized spacial score (nSPS) is 16.0. The predicted octanol–water partition coefficient (Wildman–Crippen LogP) is 2.31. The van der Waals surface area contributed by atoms with Crippen molar-refractivity contribution < 1.29 is 23.8 Å². The lowest BCUT2D eigenvalue weighted by Crippen LogP contribution is -2.52. The Morgan fingerprint density at radius 2 is 1.96 bits per heavy atom. The van der Waals surface area contributed by atoms with E-state index in [2.05, 4.69) is 5.32 Å². The summed E-state index contributed by atoms with van der Waals surface area (Å²) in [6.07, 6.45) is 2.04. The first-order valence-corrected chi connectivity index (χ1v) is 7.80. The van der Waals surface area contributed by atoms with Crippen molar-refractivity contribution in [2.75, 3.05) is 20.3 Å². The zero-order chi connectivity index (χ0) is 16.9. The molecule has 1 aromatic rings. The minimum Gasteiger partial charge on any atom is -0.490 e. The van der Waals surface area contributed by atoms with Crippen LogP contribution in [0.5, 0.6) is 11.5 Å². The lowest BCUT2D eigenvalue weighted by atomic mass is 9.95. The monoisotopic (exact) mass is 321 g/mol. The molecule has 1 aromatic carbocycles. The topological polar surface area (TPSA) is 73.9 Å². The number of methoxy groups -OCH3 is 1. The Balaban J connectivity index is 2.19. The molecule has 0 spiro atoms. The lowest BCUT2D eigenvalue weighted by Gasteiger charge is -2.27. The van der Waals surface area contributed by atoms with Gasteiger partial charge in [-0.15, -0.1) is 0 Å². The number of hydrogen-bond acceptors (Lipinski definition) is 5. The molecule has 1 amide bonds. The van der Waals surface area contributed by atoms with Crippen LogP contribution in [0.1, 0.15) is 43.5 Å². The summed E-state index contributed by atoms with van der Waals surface area (Å²) >= 11 is 0. The zero-order valence-corrected chi connectivity index (χ0v) is 13.8. The maximum Gasteiger partial charge on any atom is 0.331 e. The second-order valence-corrected chi connectivity index (χ2v) is 5.74. The molecule has 6 heteroatoms. The summed E-state index contributed by atoms with van der Waals surface area (Å²) in [5, 5.41) is 2.77. The van der Waals surface area contributed by atoms with Gasteiger partial charge in [0.1, 0.15) is 5.54 Å². The highest BCUT2D eigenvalue weighted by molar-refractivity contribution is 5.98. The number of carbonyl (C=O) groups excluding carboxylic acids is 2. The van der Waals surface area contributed by atoms with E-state index in [1.54, 1.807) is 25.1 Å². The first-order valence-electron chi connectivity index (χ1n) is 7.80. The number of amides is 1. The summed E-state index contributed by atoms with van der Waals surface area (Å²) in [4.78, 5) is 24.5. The Morgan fingerprint density at radius 3 is 2.61 bits per heavy atom. The van der Waals surface area contributed by atoms with Gasteiger partial charge in [0.05, 0.1) is 20.3 Å². The molecule has 0 radical (unpaired) electrons. The SMILES string of the molecule is CCC[C@](C)(NC(=O)c1ccc2c(c1)OCCCO2)C(=O)OC. The van der Waals surface area contributed by atoms with Crippen molar-refractivity contribution in [1.29, 1.82) is 0 Å². The van der Waals surface area contributed by atoms with Crippen molar-refractivity contribution in [3.63, 3.8) is 0 Å². The smallest absolute Gasteiger partial charge is 0.331 e. The Bertz CT molecular complexity index is 586. The molecule has 0 saturated carbocycles. The molecule has 1 atom stereocenters. The van der Waals surface area contributed by atoms with E-state index in [4.69, 9.17) is 14.2 Å². The molecule has 6 nitrogen and oxygen atoms in total. The second kappa shape index (κ2) is 7.35. The molecule has 2 rings (SSSR count). The van der Waals surface area contributed by atoms with E-state index in [-0.39, 0.29) is 5.91 Å². The predicted molar refractivity (Wildman–Crippen MR) is 84.8 cm³/mol. The molecule has 1 N–H and O–H groups in total. The van der Waals surface area contributed by atoms with Crippen molar-refractivity contribution >= 4 is 11.9 Å². The largest absolute Gasteiger partial charge is 0.490 e. The number of rotatable bonds is 5.